The van der Waals surface area contributed by atoms with E-state index in [2.05, 4.69) is 0 Å². The summed E-state index contributed by atoms with van der Waals surface area (Å²) in [6.45, 7) is 1.88. The first-order valence-corrected chi connectivity index (χ1v) is 7.21. The SMILES string of the molecule is CN(Cc1cccc(Cl)c1)C(C(=O)O)C1CCOCC1. The number of rotatable bonds is 5. The highest BCUT2D eigenvalue weighted by atomic mass is 35.5. The maximum Gasteiger partial charge on any atom is 0.321 e. The van der Waals surface area contributed by atoms with E-state index in [0.717, 1.165) is 18.4 Å². The van der Waals surface area contributed by atoms with Crippen molar-refractivity contribution in [3.63, 3.8) is 0 Å². The Bertz CT molecular complexity index is 460. The number of aliphatic carboxylic acids is 1. The molecule has 0 aromatic heterocycles. The van der Waals surface area contributed by atoms with Crippen molar-refractivity contribution < 1.29 is 14.6 Å². The van der Waals surface area contributed by atoms with Gasteiger partial charge in [0.25, 0.3) is 0 Å². The molecule has 0 aliphatic carbocycles. The fourth-order valence-electron chi connectivity index (χ4n) is 2.80. The summed E-state index contributed by atoms with van der Waals surface area (Å²) in [5, 5.41) is 10.2. The standard InChI is InChI=1S/C15H20ClNO3/c1-17(10-11-3-2-4-13(16)9-11)14(15(18)19)12-5-7-20-8-6-12/h2-4,9,12,14H,5-8,10H2,1H3,(H,18,19). The van der Waals surface area contributed by atoms with E-state index in [4.69, 9.17) is 16.3 Å². The first kappa shape index (κ1) is 15.3. The minimum absolute atomic E-state index is 0.144. The smallest absolute Gasteiger partial charge is 0.321 e. The van der Waals surface area contributed by atoms with E-state index in [0.29, 0.717) is 24.8 Å². The number of ether oxygens (including phenoxy) is 1. The third-order valence-electron chi connectivity index (χ3n) is 3.76. The van der Waals surface area contributed by atoms with Crippen LogP contribution in [0.15, 0.2) is 24.3 Å². The van der Waals surface area contributed by atoms with Crippen molar-refractivity contribution in [1.29, 1.82) is 0 Å². The van der Waals surface area contributed by atoms with Crippen LogP contribution in [0.25, 0.3) is 0 Å². The highest BCUT2D eigenvalue weighted by Crippen LogP contribution is 2.24. The molecule has 0 saturated carbocycles. The van der Waals surface area contributed by atoms with E-state index in [9.17, 15) is 9.90 Å². The molecule has 2 rings (SSSR count). The molecule has 5 heteroatoms. The predicted octanol–water partition coefficient (Wildman–Crippen LogP) is 2.65. The Morgan fingerprint density at radius 2 is 2.20 bits per heavy atom. The van der Waals surface area contributed by atoms with Gasteiger partial charge < -0.3 is 9.84 Å². The van der Waals surface area contributed by atoms with Gasteiger partial charge >= 0.3 is 5.97 Å². The molecule has 4 nitrogen and oxygen atoms in total. The van der Waals surface area contributed by atoms with Crippen LogP contribution in [0, 0.1) is 5.92 Å². The van der Waals surface area contributed by atoms with Crippen LogP contribution in [0.5, 0.6) is 0 Å². The summed E-state index contributed by atoms with van der Waals surface area (Å²) in [7, 11) is 1.86. The second-order valence-corrected chi connectivity index (χ2v) is 5.71. The summed E-state index contributed by atoms with van der Waals surface area (Å²) in [6.07, 6.45) is 1.60. The molecule has 0 bridgehead atoms. The lowest BCUT2D eigenvalue weighted by molar-refractivity contribution is -0.146. The summed E-state index contributed by atoms with van der Waals surface area (Å²) in [5.74, 6) is -0.619. The van der Waals surface area contributed by atoms with Crippen molar-refractivity contribution in [2.75, 3.05) is 20.3 Å². The molecule has 1 heterocycles. The Labute approximate surface area is 124 Å². The number of hydrogen-bond donors (Lipinski definition) is 1. The fraction of sp³-hybridized carbons (Fsp3) is 0.533. The molecule has 1 atom stereocenters. The minimum atomic E-state index is -0.763. The number of hydrogen-bond acceptors (Lipinski definition) is 3. The zero-order chi connectivity index (χ0) is 14.5. The summed E-state index contributed by atoms with van der Waals surface area (Å²) < 4.78 is 5.31. The average Bonchev–Trinajstić information content (AvgIpc) is 2.39. The lowest BCUT2D eigenvalue weighted by atomic mass is 9.90. The number of carboxylic acid groups (broad SMARTS) is 1. The number of halogens is 1. The molecule has 1 N–H and O–H groups in total. The summed E-state index contributed by atoms with van der Waals surface area (Å²) in [6, 6.07) is 7.07. The molecule has 110 valence electrons. The molecule has 1 saturated heterocycles. The van der Waals surface area contributed by atoms with Crippen LogP contribution in [0.3, 0.4) is 0 Å². The monoisotopic (exact) mass is 297 g/mol. The van der Waals surface area contributed by atoms with Gasteiger partial charge in [-0.25, -0.2) is 0 Å². The highest BCUT2D eigenvalue weighted by molar-refractivity contribution is 6.30. The largest absolute Gasteiger partial charge is 0.480 e. The average molecular weight is 298 g/mol. The number of carboxylic acids is 1. The Morgan fingerprint density at radius 3 is 2.80 bits per heavy atom. The van der Waals surface area contributed by atoms with Gasteiger partial charge in [0.1, 0.15) is 6.04 Å². The normalized spacial score (nSPS) is 18.1. The molecule has 0 spiro atoms. The molecule has 1 aromatic rings. The van der Waals surface area contributed by atoms with Crippen LogP contribution in [-0.2, 0) is 16.1 Å². The lowest BCUT2D eigenvalue weighted by Crippen LogP contribution is -2.45. The highest BCUT2D eigenvalue weighted by Gasteiger charge is 2.32. The van der Waals surface area contributed by atoms with Crippen LogP contribution < -0.4 is 0 Å². The first-order chi connectivity index (χ1) is 9.58. The van der Waals surface area contributed by atoms with Gasteiger partial charge in [0.05, 0.1) is 0 Å². The Balaban J connectivity index is 2.06. The van der Waals surface area contributed by atoms with Gasteiger partial charge in [0.15, 0.2) is 0 Å². The van der Waals surface area contributed by atoms with E-state index in [1.165, 1.54) is 0 Å². The van der Waals surface area contributed by atoms with Gasteiger partial charge in [-0.3, -0.25) is 9.69 Å². The third kappa shape index (κ3) is 3.95. The van der Waals surface area contributed by atoms with E-state index in [1.54, 1.807) is 0 Å². The molecule has 1 aromatic carbocycles. The Kier molecular flexibility index (Phi) is 5.40. The maximum absolute atomic E-state index is 11.6. The van der Waals surface area contributed by atoms with E-state index < -0.39 is 12.0 Å². The van der Waals surface area contributed by atoms with Crippen molar-refractivity contribution in [3.8, 4) is 0 Å². The Morgan fingerprint density at radius 1 is 1.50 bits per heavy atom. The number of likely N-dealkylation sites (N-methyl/N-ethyl adjacent to an activating group) is 1. The topological polar surface area (TPSA) is 49.8 Å². The van der Waals surface area contributed by atoms with Crippen LogP contribution >= 0.6 is 11.6 Å². The number of carbonyl (C=O) groups is 1. The molecule has 0 radical (unpaired) electrons. The van der Waals surface area contributed by atoms with Crippen LogP contribution in [0.4, 0.5) is 0 Å². The van der Waals surface area contributed by atoms with Crippen molar-refractivity contribution in [3.05, 3.63) is 34.9 Å². The molecule has 1 aliphatic rings. The first-order valence-electron chi connectivity index (χ1n) is 6.83. The zero-order valence-corrected chi connectivity index (χ0v) is 12.3. The van der Waals surface area contributed by atoms with Crippen molar-refractivity contribution >= 4 is 17.6 Å². The van der Waals surface area contributed by atoms with Crippen molar-refractivity contribution in [2.45, 2.75) is 25.4 Å². The zero-order valence-electron chi connectivity index (χ0n) is 11.6. The van der Waals surface area contributed by atoms with Gasteiger partial charge in [-0.05, 0) is 43.5 Å². The van der Waals surface area contributed by atoms with Crippen molar-refractivity contribution in [1.82, 2.24) is 4.90 Å². The Hall–Kier alpha value is -1.10. The minimum Gasteiger partial charge on any atom is -0.480 e. The summed E-state index contributed by atoms with van der Waals surface area (Å²) in [5.41, 5.74) is 1.03. The van der Waals surface area contributed by atoms with E-state index >= 15 is 0 Å². The molecule has 1 fully saturated rings. The van der Waals surface area contributed by atoms with Crippen LogP contribution in [0.2, 0.25) is 5.02 Å². The third-order valence-corrected chi connectivity index (χ3v) is 4.00. The molecular formula is C15H20ClNO3. The van der Waals surface area contributed by atoms with E-state index in [-0.39, 0.29) is 5.92 Å². The molecular weight excluding hydrogens is 278 g/mol. The quantitative estimate of drug-likeness (QED) is 0.908. The molecule has 20 heavy (non-hydrogen) atoms. The lowest BCUT2D eigenvalue weighted by Gasteiger charge is -2.33. The van der Waals surface area contributed by atoms with Gasteiger partial charge in [-0.2, -0.15) is 0 Å². The second-order valence-electron chi connectivity index (χ2n) is 5.28. The molecule has 0 amide bonds. The summed E-state index contributed by atoms with van der Waals surface area (Å²) in [4.78, 5) is 13.5. The van der Waals surface area contributed by atoms with E-state index in [1.807, 2.05) is 36.2 Å². The number of benzene rings is 1. The van der Waals surface area contributed by atoms with Crippen LogP contribution in [-0.4, -0.2) is 42.3 Å². The van der Waals surface area contributed by atoms with Gasteiger partial charge in [-0.1, -0.05) is 23.7 Å². The maximum atomic E-state index is 11.6. The number of nitrogens with zero attached hydrogens (tertiary/aromatic N) is 1. The van der Waals surface area contributed by atoms with Gasteiger partial charge in [0.2, 0.25) is 0 Å². The fourth-order valence-corrected chi connectivity index (χ4v) is 3.02. The predicted molar refractivity (Wildman–Crippen MR) is 77.9 cm³/mol. The van der Waals surface area contributed by atoms with Gasteiger partial charge in [0, 0.05) is 24.8 Å². The van der Waals surface area contributed by atoms with Crippen LogP contribution in [0.1, 0.15) is 18.4 Å². The summed E-state index contributed by atoms with van der Waals surface area (Å²) >= 11 is 5.97. The van der Waals surface area contributed by atoms with Crippen molar-refractivity contribution in [2.24, 2.45) is 5.92 Å². The molecule has 1 aliphatic heterocycles. The second kappa shape index (κ2) is 7.07. The molecule has 1 unspecified atom stereocenters. The van der Waals surface area contributed by atoms with Gasteiger partial charge in [-0.15, -0.1) is 0 Å².